The highest BCUT2D eigenvalue weighted by atomic mass is 16.5. The average Bonchev–Trinajstić information content (AvgIpc) is 2.17. The summed E-state index contributed by atoms with van der Waals surface area (Å²) in [6.07, 6.45) is 3.29. The van der Waals surface area contributed by atoms with Gasteiger partial charge in [-0.3, -0.25) is 10.2 Å². The summed E-state index contributed by atoms with van der Waals surface area (Å²) in [5.74, 6) is 0.340. The summed E-state index contributed by atoms with van der Waals surface area (Å²) in [5.41, 5.74) is 5.39. The zero-order valence-corrected chi connectivity index (χ0v) is 7.88. The van der Waals surface area contributed by atoms with Gasteiger partial charge in [0.25, 0.3) is 0 Å². The molecule has 0 unspecified atom stereocenters. The minimum Gasteiger partial charge on any atom is -0.469 e. The van der Waals surface area contributed by atoms with E-state index in [0.29, 0.717) is 0 Å². The van der Waals surface area contributed by atoms with Gasteiger partial charge in [0.1, 0.15) is 0 Å². The Morgan fingerprint density at radius 3 is 2.15 bits per heavy atom. The maximum absolute atomic E-state index is 11.1. The van der Waals surface area contributed by atoms with Gasteiger partial charge in [-0.1, -0.05) is 0 Å². The molecule has 0 aliphatic heterocycles. The van der Waals surface area contributed by atoms with Gasteiger partial charge in [-0.15, -0.1) is 0 Å². The van der Waals surface area contributed by atoms with Crippen molar-refractivity contribution >= 4 is 11.8 Å². The molecule has 1 aliphatic rings. The first kappa shape index (κ1) is 10.0. The Balaban J connectivity index is 2.39. The SMILES string of the molecule is COC(=O)C1CCC(C(=N)N)CC1. The van der Waals surface area contributed by atoms with Crippen molar-refractivity contribution in [3.63, 3.8) is 0 Å². The Labute approximate surface area is 78.0 Å². The van der Waals surface area contributed by atoms with Crippen LogP contribution in [-0.2, 0) is 9.53 Å². The number of rotatable bonds is 2. The van der Waals surface area contributed by atoms with Crippen LogP contribution in [0.3, 0.4) is 0 Å². The van der Waals surface area contributed by atoms with Crippen LogP contribution in [0.5, 0.6) is 0 Å². The number of ether oxygens (including phenoxy) is 1. The van der Waals surface area contributed by atoms with Gasteiger partial charge in [-0.25, -0.2) is 0 Å². The van der Waals surface area contributed by atoms with Gasteiger partial charge in [0, 0.05) is 5.92 Å². The summed E-state index contributed by atoms with van der Waals surface area (Å²) in [4.78, 5) is 11.1. The molecule has 13 heavy (non-hydrogen) atoms. The third-order valence-electron chi connectivity index (χ3n) is 2.70. The number of esters is 1. The lowest BCUT2D eigenvalue weighted by molar-refractivity contribution is -0.146. The van der Waals surface area contributed by atoms with Crippen molar-refractivity contribution in [2.75, 3.05) is 7.11 Å². The zero-order valence-electron chi connectivity index (χ0n) is 7.88. The molecule has 0 atom stereocenters. The highest BCUT2D eigenvalue weighted by Crippen LogP contribution is 2.29. The van der Waals surface area contributed by atoms with E-state index in [2.05, 4.69) is 4.74 Å². The maximum Gasteiger partial charge on any atom is 0.308 e. The minimum absolute atomic E-state index is 0.0283. The zero-order chi connectivity index (χ0) is 9.84. The third-order valence-corrected chi connectivity index (χ3v) is 2.70. The number of hydrogen-bond acceptors (Lipinski definition) is 3. The van der Waals surface area contributed by atoms with Gasteiger partial charge < -0.3 is 10.5 Å². The van der Waals surface area contributed by atoms with Gasteiger partial charge in [0.05, 0.1) is 18.9 Å². The topological polar surface area (TPSA) is 76.2 Å². The molecule has 0 aromatic carbocycles. The molecule has 1 rings (SSSR count). The van der Waals surface area contributed by atoms with E-state index < -0.39 is 0 Å². The fourth-order valence-electron chi connectivity index (χ4n) is 1.81. The standard InChI is InChI=1S/C9H16N2O2/c1-13-9(12)7-4-2-6(3-5-7)8(10)11/h6-7H,2-5H2,1H3,(H3,10,11). The molecule has 0 spiro atoms. The number of nitrogens with two attached hydrogens (primary N) is 1. The van der Waals surface area contributed by atoms with E-state index >= 15 is 0 Å². The summed E-state index contributed by atoms with van der Waals surface area (Å²) in [5, 5.41) is 7.27. The number of hydrogen-bond donors (Lipinski definition) is 2. The highest BCUT2D eigenvalue weighted by Gasteiger charge is 2.27. The van der Waals surface area contributed by atoms with Crippen molar-refractivity contribution in [3.05, 3.63) is 0 Å². The van der Waals surface area contributed by atoms with Crippen LogP contribution in [0.1, 0.15) is 25.7 Å². The first-order valence-corrected chi connectivity index (χ1v) is 4.57. The monoisotopic (exact) mass is 184 g/mol. The second kappa shape index (κ2) is 4.25. The molecule has 0 saturated heterocycles. The number of carbonyl (C=O) groups excluding carboxylic acids is 1. The van der Waals surface area contributed by atoms with E-state index in [-0.39, 0.29) is 23.6 Å². The molecule has 0 amide bonds. The van der Waals surface area contributed by atoms with Crippen LogP contribution in [0.25, 0.3) is 0 Å². The molecule has 4 heteroatoms. The molecule has 1 fully saturated rings. The van der Waals surface area contributed by atoms with Crippen molar-refractivity contribution in [2.24, 2.45) is 17.6 Å². The van der Waals surface area contributed by atoms with E-state index in [1.807, 2.05) is 0 Å². The molecular formula is C9H16N2O2. The molecule has 3 N–H and O–H groups in total. The van der Waals surface area contributed by atoms with Gasteiger partial charge in [-0.05, 0) is 25.7 Å². The third kappa shape index (κ3) is 2.44. The molecule has 0 bridgehead atoms. The van der Waals surface area contributed by atoms with Crippen molar-refractivity contribution in [1.29, 1.82) is 5.41 Å². The number of amidine groups is 1. The first-order chi connectivity index (χ1) is 6.15. The van der Waals surface area contributed by atoms with Crippen molar-refractivity contribution in [1.82, 2.24) is 0 Å². The van der Waals surface area contributed by atoms with Crippen LogP contribution in [0.2, 0.25) is 0 Å². The van der Waals surface area contributed by atoms with E-state index in [0.717, 1.165) is 25.7 Å². The van der Waals surface area contributed by atoms with E-state index in [4.69, 9.17) is 11.1 Å². The van der Waals surface area contributed by atoms with Gasteiger partial charge >= 0.3 is 5.97 Å². The second-order valence-electron chi connectivity index (χ2n) is 3.53. The normalized spacial score (nSPS) is 28.1. The van der Waals surface area contributed by atoms with Crippen LogP contribution in [0.4, 0.5) is 0 Å². The van der Waals surface area contributed by atoms with Crippen LogP contribution < -0.4 is 5.73 Å². The predicted octanol–water partition coefficient (Wildman–Crippen LogP) is 0.902. The molecule has 0 radical (unpaired) electrons. The van der Waals surface area contributed by atoms with E-state index in [1.54, 1.807) is 0 Å². The Hall–Kier alpha value is -1.06. The van der Waals surface area contributed by atoms with Crippen LogP contribution in [0.15, 0.2) is 0 Å². The quantitative estimate of drug-likeness (QED) is 0.380. The lowest BCUT2D eigenvalue weighted by Crippen LogP contribution is -2.29. The van der Waals surface area contributed by atoms with Crippen LogP contribution in [0, 0.1) is 17.2 Å². The van der Waals surface area contributed by atoms with Gasteiger partial charge in [0.2, 0.25) is 0 Å². The predicted molar refractivity (Wildman–Crippen MR) is 49.4 cm³/mol. The molecule has 1 aliphatic carbocycles. The summed E-state index contributed by atoms with van der Waals surface area (Å²) < 4.78 is 4.66. The first-order valence-electron chi connectivity index (χ1n) is 4.57. The van der Waals surface area contributed by atoms with Crippen molar-refractivity contribution < 1.29 is 9.53 Å². The van der Waals surface area contributed by atoms with E-state index in [1.165, 1.54) is 7.11 Å². The Bertz CT molecular complexity index is 208. The maximum atomic E-state index is 11.1. The fraction of sp³-hybridized carbons (Fsp3) is 0.778. The molecule has 1 saturated carbocycles. The Morgan fingerprint density at radius 2 is 1.77 bits per heavy atom. The molecule has 0 heterocycles. The van der Waals surface area contributed by atoms with Crippen LogP contribution in [-0.4, -0.2) is 18.9 Å². The molecule has 0 aromatic heterocycles. The van der Waals surface area contributed by atoms with Gasteiger partial charge in [-0.2, -0.15) is 0 Å². The summed E-state index contributed by atoms with van der Waals surface area (Å²) in [6.45, 7) is 0. The number of nitrogens with one attached hydrogen (secondary N) is 1. The van der Waals surface area contributed by atoms with Crippen molar-refractivity contribution in [2.45, 2.75) is 25.7 Å². The van der Waals surface area contributed by atoms with Gasteiger partial charge in [0.15, 0.2) is 0 Å². The Kier molecular flexibility index (Phi) is 3.28. The average molecular weight is 184 g/mol. The number of carbonyl (C=O) groups is 1. The lowest BCUT2D eigenvalue weighted by atomic mass is 9.81. The van der Waals surface area contributed by atoms with Crippen LogP contribution >= 0.6 is 0 Å². The van der Waals surface area contributed by atoms with E-state index in [9.17, 15) is 4.79 Å². The molecular weight excluding hydrogens is 168 g/mol. The largest absolute Gasteiger partial charge is 0.469 e. The fourth-order valence-corrected chi connectivity index (χ4v) is 1.81. The second-order valence-corrected chi connectivity index (χ2v) is 3.53. The molecule has 74 valence electrons. The highest BCUT2D eigenvalue weighted by molar-refractivity contribution is 5.80. The number of methoxy groups -OCH3 is 1. The Morgan fingerprint density at radius 1 is 1.31 bits per heavy atom. The minimum atomic E-state index is -0.123. The smallest absolute Gasteiger partial charge is 0.308 e. The summed E-state index contributed by atoms with van der Waals surface area (Å²) in [6, 6.07) is 0. The molecule has 4 nitrogen and oxygen atoms in total. The summed E-state index contributed by atoms with van der Waals surface area (Å²) in [7, 11) is 1.42. The lowest BCUT2D eigenvalue weighted by Gasteiger charge is -2.25. The molecule has 0 aromatic rings. The van der Waals surface area contributed by atoms with Crippen molar-refractivity contribution in [3.8, 4) is 0 Å². The summed E-state index contributed by atoms with van der Waals surface area (Å²) >= 11 is 0.